The number of rotatable bonds is 4. The molecule has 5 heteroatoms. The third kappa shape index (κ3) is 4.13. The van der Waals surface area contributed by atoms with E-state index < -0.39 is 6.10 Å². The molecule has 0 fully saturated rings. The first kappa shape index (κ1) is 15.2. The van der Waals surface area contributed by atoms with Gasteiger partial charge in [-0.25, -0.2) is 0 Å². The number of aryl methyl sites for hydroxylation is 1. The van der Waals surface area contributed by atoms with Crippen molar-refractivity contribution in [3.05, 3.63) is 53.1 Å². The van der Waals surface area contributed by atoms with Crippen LogP contribution in [0.4, 0.5) is 11.4 Å². The second-order valence-corrected chi connectivity index (χ2v) is 5.22. The molecule has 0 radical (unpaired) electrons. The molecule has 0 saturated heterocycles. The van der Waals surface area contributed by atoms with Crippen LogP contribution in [0.1, 0.15) is 12.5 Å². The second kappa shape index (κ2) is 6.50. The van der Waals surface area contributed by atoms with Crippen molar-refractivity contribution in [2.75, 3.05) is 11.1 Å². The summed E-state index contributed by atoms with van der Waals surface area (Å²) in [6, 6.07) is 12.3. The molecule has 0 aromatic heterocycles. The highest BCUT2D eigenvalue weighted by Crippen LogP contribution is 2.20. The quantitative estimate of drug-likeness (QED) is 0.848. The number of hydrogen-bond acceptors (Lipinski definition) is 3. The number of nitrogens with two attached hydrogens (primary N) is 1. The first-order chi connectivity index (χ1) is 9.95. The SMILES string of the molecule is Cc1cc(N)ccc1NC(=O)C(C)Oc1cccc(Cl)c1. The zero-order chi connectivity index (χ0) is 15.4. The molecule has 0 aliphatic carbocycles. The Morgan fingerprint density at radius 2 is 2.05 bits per heavy atom. The lowest BCUT2D eigenvalue weighted by Gasteiger charge is -2.16. The molecular weight excluding hydrogens is 288 g/mol. The van der Waals surface area contributed by atoms with Crippen LogP contribution in [0.25, 0.3) is 0 Å². The van der Waals surface area contributed by atoms with E-state index in [1.54, 1.807) is 49.4 Å². The molecule has 4 nitrogen and oxygen atoms in total. The molecule has 2 aromatic rings. The lowest BCUT2D eigenvalue weighted by molar-refractivity contribution is -0.122. The van der Waals surface area contributed by atoms with Crippen LogP contribution in [-0.4, -0.2) is 12.0 Å². The number of nitrogen functional groups attached to an aromatic ring is 1. The summed E-state index contributed by atoms with van der Waals surface area (Å²) in [5.74, 6) is 0.321. The van der Waals surface area contributed by atoms with Gasteiger partial charge < -0.3 is 15.8 Å². The smallest absolute Gasteiger partial charge is 0.265 e. The van der Waals surface area contributed by atoms with E-state index in [4.69, 9.17) is 22.1 Å². The fraction of sp³-hybridized carbons (Fsp3) is 0.188. The Morgan fingerprint density at radius 1 is 1.29 bits per heavy atom. The van der Waals surface area contributed by atoms with Gasteiger partial charge in [0.2, 0.25) is 0 Å². The normalized spacial score (nSPS) is 11.8. The maximum Gasteiger partial charge on any atom is 0.265 e. The minimum absolute atomic E-state index is 0.233. The molecule has 21 heavy (non-hydrogen) atoms. The summed E-state index contributed by atoms with van der Waals surface area (Å²) >= 11 is 5.88. The number of hydrogen-bond donors (Lipinski definition) is 2. The van der Waals surface area contributed by atoms with Crippen LogP contribution in [0.15, 0.2) is 42.5 Å². The summed E-state index contributed by atoms with van der Waals surface area (Å²) < 4.78 is 5.57. The highest BCUT2D eigenvalue weighted by molar-refractivity contribution is 6.30. The number of carbonyl (C=O) groups is 1. The van der Waals surface area contributed by atoms with Crippen LogP contribution < -0.4 is 15.8 Å². The fourth-order valence-corrected chi connectivity index (χ4v) is 2.04. The Labute approximate surface area is 128 Å². The molecule has 2 aromatic carbocycles. The van der Waals surface area contributed by atoms with Gasteiger partial charge in [-0.3, -0.25) is 4.79 Å². The van der Waals surface area contributed by atoms with E-state index in [-0.39, 0.29) is 5.91 Å². The van der Waals surface area contributed by atoms with Crippen LogP contribution in [-0.2, 0) is 4.79 Å². The average molecular weight is 305 g/mol. The number of halogens is 1. The molecule has 1 atom stereocenters. The van der Waals surface area contributed by atoms with Crippen molar-refractivity contribution in [1.82, 2.24) is 0 Å². The number of ether oxygens (including phenoxy) is 1. The fourth-order valence-electron chi connectivity index (χ4n) is 1.86. The Balaban J connectivity index is 2.02. The van der Waals surface area contributed by atoms with Crippen LogP contribution in [0.3, 0.4) is 0 Å². The Kier molecular flexibility index (Phi) is 4.70. The molecule has 110 valence electrons. The maximum atomic E-state index is 12.1. The molecule has 0 heterocycles. The number of nitrogens with one attached hydrogen (secondary N) is 1. The second-order valence-electron chi connectivity index (χ2n) is 4.78. The standard InChI is InChI=1S/C16H17ClN2O2/c1-10-8-13(18)6-7-15(10)19-16(20)11(2)21-14-5-3-4-12(17)9-14/h3-9,11H,18H2,1-2H3,(H,19,20). The molecule has 0 aliphatic heterocycles. The zero-order valence-corrected chi connectivity index (χ0v) is 12.6. The van der Waals surface area contributed by atoms with E-state index in [1.165, 1.54) is 0 Å². The van der Waals surface area contributed by atoms with Crippen LogP contribution >= 0.6 is 11.6 Å². The molecule has 0 saturated carbocycles. The number of benzene rings is 2. The molecule has 3 N–H and O–H groups in total. The molecule has 1 unspecified atom stereocenters. The van der Waals surface area contributed by atoms with Gasteiger partial charge in [0.1, 0.15) is 5.75 Å². The summed E-state index contributed by atoms with van der Waals surface area (Å²) in [5, 5.41) is 3.38. The van der Waals surface area contributed by atoms with Gasteiger partial charge >= 0.3 is 0 Å². The van der Waals surface area contributed by atoms with Gasteiger partial charge in [-0.1, -0.05) is 17.7 Å². The van der Waals surface area contributed by atoms with E-state index in [0.717, 1.165) is 11.3 Å². The van der Waals surface area contributed by atoms with E-state index in [1.807, 2.05) is 6.92 Å². The summed E-state index contributed by atoms with van der Waals surface area (Å²) in [6.45, 7) is 3.57. The highest BCUT2D eigenvalue weighted by Gasteiger charge is 2.15. The summed E-state index contributed by atoms with van der Waals surface area (Å²) in [4.78, 5) is 12.1. The van der Waals surface area contributed by atoms with Gasteiger partial charge in [-0.15, -0.1) is 0 Å². The minimum atomic E-state index is -0.639. The third-order valence-corrected chi connectivity index (χ3v) is 3.22. The molecular formula is C16H17ClN2O2. The van der Waals surface area contributed by atoms with Crippen molar-refractivity contribution in [1.29, 1.82) is 0 Å². The Bertz CT molecular complexity index is 658. The predicted molar refractivity (Wildman–Crippen MR) is 85.8 cm³/mol. The van der Waals surface area contributed by atoms with E-state index in [0.29, 0.717) is 16.5 Å². The number of carbonyl (C=O) groups excluding carboxylic acids is 1. The van der Waals surface area contributed by atoms with Crippen molar-refractivity contribution in [2.45, 2.75) is 20.0 Å². The van der Waals surface area contributed by atoms with Crippen LogP contribution in [0.2, 0.25) is 5.02 Å². The first-order valence-electron chi connectivity index (χ1n) is 6.55. The lowest BCUT2D eigenvalue weighted by Crippen LogP contribution is -2.30. The molecule has 1 amide bonds. The summed E-state index contributed by atoms with van der Waals surface area (Å²) in [6.07, 6.45) is -0.639. The topological polar surface area (TPSA) is 64.3 Å². The minimum Gasteiger partial charge on any atom is -0.481 e. The van der Waals surface area contributed by atoms with Crippen molar-refractivity contribution >= 4 is 28.9 Å². The van der Waals surface area contributed by atoms with E-state index >= 15 is 0 Å². The van der Waals surface area contributed by atoms with Gasteiger partial charge in [0.05, 0.1) is 0 Å². The Hall–Kier alpha value is -2.20. The summed E-state index contributed by atoms with van der Waals surface area (Å²) in [5.41, 5.74) is 7.96. The average Bonchev–Trinajstić information content (AvgIpc) is 2.41. The predicted octanol–water partition coefficient (Wildman–Crippen LogP) is 3.64. The van der Waals surface area contributed by atoms with Crippen molar-refractivity contribution in [3.8, 4) is 5.75 Å². The molecule has 0 spiro atoms. The lowest BCUT2D eigenvalue weighted by atomic mass is 10.1. The van der Waals surface area contributed by atoms with Gasteiger partial charge in [-0.2, -0.15) is 0 Å². The van der Waals surface area contributed by atoms with Crippen molar-refractivity contribution in [3.63, 3.8) is 0 Å². The zero-order valence-electron chi connectivity index (χ0n) is 11.9. The molecule has 0 bridgehead atoms. The van der Waals surface area contributed by atoms with Crippen LogP contribution in [0, 0.1) is 6.92 Å². The highest BCUT2D eigenvalue weighted by atomic mass is 35.5. The van der Waals surface area contributed by atoms with Crippen molar-refractivity contribution in [2.24, 2.45) is 0 Å². The van der Waals surface area contributed by atoms with Gasteiger partial charge in [0, 0.05) is 16.4 Å². The molecule has 2 rings (SSSR count). The number of amides is 1. The van der Waals surface area contributed by atoms with E-state index in [9.17, 15) is 4.79 Å². The monoisotopic (exact) mass is 304 g/mol. The third-order valence-electron chi connectivity index (χ3n) is 2.99. The maximum absolute atomic E-state index is 12.1. The van der Waals surface area contributed by atoms with E-state index in [2.05, 4.69) is 5.32 Å². The largest absolute Gasteiger partial charge is 0.481 e. The Morgan fingerprint density at radius 3 is 2.71 bits per heavy atom. The van der Waals surface area contributed by atoms with Crippen LogP contribution in [0.5, 0.6) is 5.75 Å². The van der Waals surface area contributed by atoms with Gasteiger partial charge in [0.15, 0.2) is 6.10 Å². The number of anilines is 2. The van der Waals surface area contributed by atoms with Crippen molar-refractivity contribution < 1.29 is 9.53 Å². The molecule has 0 aliphatic rings. The van der Waals surface area contributed by atoms with Gasteiger partial charge in [-0.05, 0) is 55.8 Å². The van der Waals surface area contributed by atoms with Gasteiger partial charge in [0.25, 0.3) is 5.91 Å². The summed E-state index contributed by atoms with van der Waals surface area (Å²) in [7, 11) is 0. The first-order valence-corrected chi connectivity index (χ1v) is 6.92.